The highest BCUT2D eigenvalue weighted by molar-refractivity contribution is 7.93. The Hall–Kier alpha value is -2.19. The number of hydrogen-bond donors (Lipinski definition) is 2. The molecular weight excluding hydrogens is 334 g/mol. The standard InChI is InChI=1S/C15H17N3O3S2/c1-4-9-16-14(19)13-11(3)17-15(22-13)18-23(20,21)12-7-5-10(2)6-8-12/h4-8H,1,9H2,2-3H3,(H,16,19)(H,17,18). The molecule has 1 aromatic heterocycles. The van der Waals surface area contributed by atoms with Gasteiger partial charge in [-0.2, -0.15) is 0 Å². The second-order valence-corrected chi connectivity index (χ2v) is 7.53. The minimum absolute atomic E-state index is 0.147. The third-order valence-corrected chi connectivity index (χ3v) is 5.52. The van der Waals surface area contributed by atoms with Crippen molar-refractivity contribution >= 4 is 32.4 Å². The minimum Gasteiger partial charge on any atom is -0.348 e. The summed E-state index contributed by atoms with van der Waals surface area (Å²) in [5, 5.41) is 2.80. The summed E-state index contributed by atoms with van der Waals surface area (Å²) < 4.78 is 27.0. The highest BCUT2D eigenvalue weighted by Gasteiger charge is 2.19. The van der Waals surface area contributed by atoms with Crippen LogP contribution in [0.15, 0.2) is 41.8 Å². The molecule has 0 radical (unpaired) electrons. The van der Waals surface area contributed by atoms with E-state index in [1.807, 2.05) is 6.92 Å². The quantitative estimate of drug-likeness (QED) is 0.783. The predicted molar refractivity (Wildman–Crippen MR) is 91.4 cm³/mol. The average Bonchev–Trinajstić information content (AvgIpc) is 2.85. The highest BCUT2D eigenvalue weighted by atomic mass is 32.2. The number of rotatable bonds is 6. The van der Waals surface area contributed by atoms with Crippen molar-refractivity contribution in [3.05, 3.63) is 53.1 Å². The third-order valence-electron chi connectivity index (χ3n) is 2.96. The molecule has 2 rings (SSSR count). The second-order valence-electron chi connectivity index (χ2n) is 4.85. The molecule has 0 aliphatic carbocycles. The number of hydrogen-bond acceptors (Lipinski definition) is 5. The maximum Gasteiger partial charge on any atom is 0.263 e. The topological polar surface area (TPSA) is 88.2 Å². The van der Waals surface area contributed by atoms with E-state index >= 15 is 0 Å². The van der Waals surface area contributed by atoms with Crippen molar-refractivity contribution in [1.82, 2.24) is 10.3 Å². The van der Waals surface area contributed by atoms with Gasteiger partial charge in [-0.05, 0) is 26.0 Å². The fourth-order valence-electron chi connectivity index (χ4n) is 1.79. The van der Waals surface area contributed by atoms with Crippen molar-refractivity contribution in [2.24, 2.45) is 0 Å². The van der Waals surface area contributed by atoms with E-state index in [1.165, 1.54) is 12.1 Å². The maximum atomic E-state index is 12.3. The van der Waals surface area contributed by atoms with Gasteiger partial charge >= 0.3 is 0 Å². The summed E-state index contributed by atoms with van der Waals surface area (Å²) >= 11 is 0.995. The first-order chi connectivity index (χ1) is 10.8. The number of aromatic nitrogens is 1. The summed E-state index contributed by atoms with van der Waals surface area (Å²) in [6, 6.07) is 6.48. The minimum atomic E-state index is -3.73. The lowest BCUT2D eigenvalue weighted by atomic mass is 10.2. The molecule has 0 aliphatic rings. The fraction of sp³-hybridized carbons (Fsp3) is 0.200. The van der Waals surface area contributed by atoms with Gasteiger partial charge in [0, 0.05) is 6.54 Å². The zero-order valence-electron chi connectivity index (χ0n) is 12.8. The van der Waals surface area contributed by atoms with Crippen molar-refractivity contribution in [2.75, 3.05) is 11.3 Å². The van der Waals surface area contributed by atoms with Crippen LogP contribution in [0.1, 0.15) is 20.9 Å². The van der Waals surface area contributed by atoms with Gasteiger partial charge in [-0.3, -0.25) is 9.52 Å². The Morgan fingerprint density at radius 3 is 2.57 bits per heavy atom. The number of carbonyl (C=O) groups excluding carboxylic acids is 1. The third kappa shape index (κ3) is 4.17. The zero-order valence-corrected chi connectivity index (χ0v) is 14.4. The van der Waals surface area contributed by atoms with Crippen LogP contribution in [-0.2, 0) is 10.0 Å². The average molecular weight is 351 g/mol. The van der Waals surface area contributed by atoms with Crippen molar-refractivity contribution in [1.29, 1.82) is 0 Å². The number of thiazole rings is 1. The van der Waals surface area contributed by atoms with Gasteiger partial charge in [0.1, 0.15) is 4.88 Å². The Balaban J connectivity index is 2.21. The van der Waals surface area contributed by atoms with Crippen molar-refractivity contribution in [3.63, 3.8) is 0 Å². The van der Waals surface area contributed by atoms with Crippen LogP contribution in [0.5, 0.6) is 0 Å². The Bertz CT molecular complexity index is 824. The summed E-state index contributed by atoms with van der Waals surface area (Å²) in [6.45, 7) is 7.39. The zero-order chi connectivity index (χ0) is 17.0. The summed E-state index contributed by atoms with van der Waals surface area (Å²) in [6.07, 6.45) is 1.56. The van der Waals surface area contributed by atoms with Gasteiger partial charge in [0.25, 0.3) is 15.9 Å². The van der Waals surface area contributed by atoms with Gasteiger partial charge in [-0.25, -0.2) is 13.4 Å². The smallest absolute Gasteiger partial charge is 0.263 e. The van der Waals surface area contributed by atoms with Crippen LogP contribution in [-0.4, -0.2) is 25.9 Å². The van der Waals surface area contributed by atoms with E-state index in [1.54, 1.807) is 25.1 Å². The Morgan fingerprint density at radius 1 is 1.30 bits per heavy atom. The van der Waals surface area contributed by atoms with Gasteiger partial charge in [-0.1, -0.05) is 35.1 Å². The first kappa shape index (κ1) is 17.2. The molecule has 0 aliphatic heterocycles. The lowest BCUT2D eigenvalue weighted by Crippen LogP contribution is -2.22. The number of benzene rings is 1. The van der Waals surface area contributed by atoms with E-state index in [2.05, 4.69) is 21.6 Å². The number of sulfonamides is 1. The molecule has 0 bridgehead atoms. The van der Waals surface area contributed by atoms with E-state index < -0.39 is 10.0 Å². The molecule has 1 heterocycles. The van der Waals surface area contributed by atoms with E-state index in [9.17, 15) is 13.2 Å². The van der Waals surface area contributed by atoms with Crippen molar-refractivity contribution in [3.8, 4) is 0 Å². The molecule has 0 spiro atoms. The number of nitrogens with zero attached hydrogens (tertiary/aromatic N) is 1. The van der Waals surface area contributed by atoms with Gasteiger partial charge in [0.15, 0.2) is 5.13 Å². The van der Waals surface area contributed by atoms with Crippen LogP contribution in [0, 0.1) is 13.8 Å². The molecule has 23 heavy (non-hydrogen) atoms. The molecule has 6 nitrogen and oxygen atoms in total. The monoisotopic (exact) mass is 351 g/mol. The van der Waals surface area contributed by atoms with Gasteiger partial charge in [0.2, 0.25) is 0 Å². The van der Waals surface area contributed by atoms with E-state index in [-0.39, 0.29) is 15.9 Å². The predicted octanol–water partition coefficient (Wildman–Crippen LogP) is 2.48. The van der Waals surface area contributed by atoms with Crippen LogP contribution in [0.25, 0.3) is 0 Å². The van der Waals surface area contributed by atoms with Crippen molar-refractivity contribution < 1.29 is 13.2 Å². The molecule has 1 amide bonds. The Kier molecular flexibility index (Phi) is 5.17. The van der Waals surface area contributed by atoms with Crippen LogP contribution >= 0.6 is 11.3 Å². The molecule has 2 aromatic rings. The molecule has 0 saturated carbocycles. The Morgan fingerprint density at radius 2 is 1.96 bits per heavy atom. The lowest BCUT2D eigenvalue weighted by Gasteiger charge is -2.05. The number of aryl methyl sites for hydroxylation is 2. The van der Waals surface area contributed by atoms with Crippen molar-refractivity contribution in [2.45, 2.75) is 18.7 Å². The van der Waals surface area contributed by atoms with Crippen LogP contribution in [0.2, 0.25) is 0 Å². The largest absolute Gasteiger partial charge is 0.348 e. The molecule has 0 saturated heterocycles. The number of amides is 1. The summed E-state index contributed by atoms with van der Waals surface area (Å²) in [5.74, 6) is -0.305. The molecule has 8 heteroatoms. The molecule has 2 N–H and O–H groups in total. The number of anilines is 1. The molecule has 0 unspecified atom stereocenters. The SMILES string of the molecule is C=CCNC(=O)c1sc(NS(=O)(=O)c2ccc(C)cc2)nc1C. The van der Waals surface area contributed by atoms with E-state index in [0.717, 1.165) is 16.9 Å². The number of nitrogens with one attached hydrogen (secondary N) is 2. The maximum absolute atomic E-state index is 12.3. The first-order valence-electron chi connectivity index (χ1n) is 6.79. The normalized spacial score (nSPS) is 11.0. The molecular formula is C15H17N3O3S2. The first-order valence-corrected chi connectivity index (χ1v) is 9.09. The van der Waals surface area contributed by atoms with Gasteiger partial charge in [-0.15, -0.1) is 6.58 Å². The fourth-order valence-corrected chi connectivity index (χ4v) is 3.90. The summed E-state index contributed by atoms with van der Waals surface area (Å²) in [5.41, 5.74) is 1.44. The summed E-state index contributed by atoms with van der Waals surface area (Å²) in [7, 11) is -3.73. The summed E-state index contributed by atoms with van der Waals surface area (Å²) in [4.78, 5) is 16.6. The van der Waals surface area contributed by atoms with Gasteiger partial charge < -0.3 is 5.32 Å². The second kappa shape index (κ2) is 6.93. The molecule has 0 fully saturated rings. The number of carbonyl (C=O) groups is 1. The van der Waals surface area contributed by atoms with E-state index in [4.69, 9.17) is 0 Å². The molecule has 122 valence electrons. The highest BCUT2D eigenvalue weighted by Crippen LogP contribution is 2.25. The van der Waals surface area contributed by atoms with Crippen LogP contribution in [0.4, 0.5) is 5.13 Å². The van der Waals surface area contributed by atoms with E-state index in [0.29, 0.717) is 17.1 Å². The van der Waals surface area contributed by atoms with Gasteiger partial charge in [0.05, 0.1) is 10.6 Å². The molecule has 1 aromatic carbocycles. The van der Waals surface area contributed by atoms with Crippen LogP contribution in [0.3, 0.4) is 0 Å². The lowest BCUT2D eigenvalue weighted by molar-refractivity contribution is 0.0961. The Labute approximate surface area is 139 Å². The molecule has 0 atom stereocenters. The van der Waals surface area contributed by atoms with Crippen LogP contribution < -0.4 is 10.0 Å².